The van der Waals surface area contributed by atoms with Gasteiger partial charge in [0.05, 0.1) is 48.8 Å². The van der Waals surface area contributed by atoms with Crippen molar-refractivity contribution < 1.29 is 23.7 Å². The summed E-state index contributed by atoms with van der Waals surface area (Å²) < 4.78 is 24.6. The molecular formula is C28H28BrClN2O6S. The Hall–Kier alpha value is -3.08. The first-order valence-electron chi connectivity index (χ1n) is 12.2. The molecule has 0 unspecified atom stereocenters. The summed E-state index contributed by atoms with van der Waals surface area (Å²) >= 11 is 11.2. The molecule has 0 aliphatic carbocycles. The Morgan fingerprint density at radius 3 is 2.51 bits per heavy atom. The number of nitrogens with zero attached hydrogens (tertiary/aromatic N) is 2. The van der Waals surface area contributed by atoms with Crippen molar-refractivity contribution >= 4 is 50.9 Å². The van der Waals surface area contributed by atoms with Crippen LogP contribution >= 0.6 is 38.9 Å². The number of halogens is 2. The third-order valence-corrected chi connectivity index (χ3v) is 7.89. The number of aromatic nitrogens is 1. The molecule has 0 saturated carbocycles. The molecule has 0 bridgehead atoms. The van der Waals surface area contributed by atoms with Crippen molar-refractivity contribution in [2.45, 2.75) is 32.7 Å². The van der Waals surface area contributed by atoms with Crippen LogP contribution in [0.3, 0.4) is 0 Å². The molecule has 39 heavy (non-hydrogen) atoms. The second-order valence-electron chi connectivity index (χ2n) is 8.54. The van der Waals surface area contributed by atoms with Crippen LogP contribution in [0.2, 0.25) is 5.02 Å². The summed E-state index contributed by atoms with van der Waals surface area (Å²) in [4.78, 5) is 32.7. The van der Waals surface area contributed by atoms with Gasteiger partial charge in [-0.2, -0.15) is 0 Å². The monoisotopic (exact) mass is 634 g/mol. The number of fused-ring (bicyclic) bond motifs is 1. The van der Waals surface area contributed by atoms with Crippen molar-refractivity contribution in [1.29, 1.82) is 0 Å². The van der Waals surface area contributed by atoms with E-state index in [1.165, 1.54) is 30.1 Å². The Balaban J connectivity index is 2.04. The summed E-state index contributed by atoms with van der Waals surface area (Å²) in [6.45, 7) is 3.95. The minimum absolute atomic E-state index is 0.189. The third-order valence-electron chi connectivity index (χ3n) is 6.13. The fraction of sp³-hybridized carbons (Fsp3) is 0.321. The molecule has 1 aromatic heterocycles. The van der Waals surface area contributed by atoms with Crippen molar-refractivity contribution in [3.63, 3.8) is 0 Å². The maximum atomic E-state index is 14.0. The summed E-state index contributed by atoms with van der Waals surface area (Å²) in [6, 6.07) is 8.12. The quantitative estimate of drug-likeness (QED) is 0.307. The molecule has 2 heterocycles. The molecule has 1 aliphatic heterocycles. The van der Waals surface area contributed by atoms with Gasteiger partial charge in [-0.25, -0.2) is 9.79 Å². The van der Waals surface area contributed by atoms with Crippen molar-refractivity contribution in [3.8, 4) is 17.2 Å². The Kier molecular flexibility index (Phi) is 9.19. The molecule has 4 rings (SSSR count). The number of benzene rings is 2. The molecule has 1 aliphatic rings. The van der Waals surface area contributed by atoms with E-state index in [0.717, 1.165) is 10.9 Å². The van der Waals surface area contributed by atoms with E-state index >= 15 is 0 Å². The van der Waals surface area contributed by atoms with Crippen molar-refractivity contribution in [2.75, 3.05) is 27.9 Å². The summed E-state index contributed by atoms with van der Waals surface area (Å²) in [5.74, 6) is 0.861. The topological polar surface area (TPSA) is 88.4 Å². The second kappa shape index (κ2) is 12.4. The largest absolute Gasteiger partial charge is 0.496 e. The highest BCUT2D eigenvalue weighted by atomic mass is 79.9. The smallest absolute Gasteiger partial charge is 0.338 e. The van der Waals surface area contributed by atoms with Gasteiger partial charge in [-0.3, -0.25) is 9.36 Å². The zero-order valence-electron chi connectivity index (χ0n) is 22.2. The lowest BCUT2D eigenvalue weighted by Crippen LogP contribution is -2.40. The first kappa shape index (κ1) is 28.9. The van der Waals surface area contributed by atoms with Gasteiger partial charge in [0.15, 0.2) is 16.3 Å². The molecule has 0 radical (unpaired) electrons. The van der Waals surface area contributed by atoms with Crippen LogP contribution < -0.4 is 29.1 Å². The van der Waals surface area contributed by atoms with Crippen LogP contribution in [-0.4, -0.2) is 38.5 Å². The molecule has 1 atom stereocenters. The molecule has 2 aromatic carbocycles. The number of carbonyl (C=O) groups is 1. The summed E-state index contributed by atoms with van der Waals surface area (Å²) in [7, 11) is 4.58. The van der Waals surface area contributed by atoms with Crippen molar-refractivity contribution in [1.82, 2.24) is 4.57 Å². The lowest BCUT2D eigenvalue weighted by molar-refractivity contribution is -0.139. The normalized spacial score (nSPS) is 15.1. The van der Waals surface area contributed by atoms with Gasteiger partial charge in [-0.15, -0.1) is 0 Å². The molecule has 8 nitrogen and oxygen atoms in total. The van der Waals surface area contributed by atoms with Crippen LogP contribution in [0.25, 0.3) is 6.08 Å². The van der Waals surface area contributed by atoms with Gasteiger partial charge >= 0.3 is 5.97 Å². The molecule has 0 spiro atoms. The lowest BCUT2D eigenvalue weighted by atomic mass is 9.93. The van der Waals surface area contributed by atoms with Gasteiger partial charge in [0, 0.05) is 10.0 Å². The minimum atomic E-state index is -0.801. The number of carbonyl (C=O) groups excluding carboxylic acids is 1. The Bertz CT molecular complexity index is 1630. The number of methoxy groups -OCH3 is 3. The number of ether oxygens (including phenoxy) is 4. The van der Waals surface area contributed by atoms with Gasteiger partial charge in [-0.1, -0.05) is 52.2 Å². The fourth-order valence-electron chi connectivity index (χ4n) is 4.51. The zero-order valence-corrected chi connectivity index (χ0v) is 25.3. The predicted molar refractivity (Wildman–Crippen MR) is 155 cm³/mol. The number of hydrogen-bond acceptors (Lipinski definition) is 8. The van der Waals surface area contributed by atoms with Gasteiger partial charge in [0.1, 0.15) is 11.8 Å². The number of rotatable bonds is 9. The van der Waals surface area contributed by atoms with Crippen LogP contribution in [0.15, 0.2) is 55.9 Å². The SMILES string of the molecule is CCCC1=C(C(=O)OCC)[C@H](c2cc(Br)ccc2OC)n2c(s/c(=C/c3cc(Cl)c(OC)c(OC)c3)c2=O)=N1. The van der Waals surface area contributed by atoms with Gasteiger partial charge in [0.2, 0.25) is 0 Å². The van der Waals surface area contributed by atoms with E-state index in [1.807, 2.05) is 19.1 Å². The standard InChI is InChI=1S/C28H28BrClN2O6S/c1-6-8-19-23(27(34)38-7-2)24(17-14-16(29)9-10-20(17)35-3)32-26(33)22(39-28(32)31-19)13-15-11-18(30)25(37-5)21(12-15)36-4/h9-14,24H,6-8H2,1-5H3/b22-13+/t24-/m0/s1. The van der Waals surface area contributed by atoms with Crippen LogP contribution in [0, 0.1) is 0 Å². The maximum Gasteiger partial charge on any atom is 0.338 e. The average Bonchev–Trinajstić information content (AvgIpc) is 3.22. The summed E-state index contributed by atoms with van der Waals surface area (Å²) in [5.41, 5.74) is 1.89. The summed E-state index contributed by atoms with van der Waals surface area (Å²) in [6.07, 6.45) is 3.01. The first-order valence-corrected chi connectivity index (χ1v) is 14.2. The highest BCUT2D eigenvalue weighted by Crippen LogP contribution is 2.39. The third kappa shape index (κ3) is 5.64. The van der Waals surface area contributed by atoms with Crippen molar-refractivity contribution in [3.05, 3.63) is 81.9 Å². The van der Waals surface area contributed by atoms with E-state index in [4.69, 9.17) is 35.5 Å². The number of esters is 1. The van der Waals surface area contributed by atoms with Crippen LogP contribution in [0.4, 0.5) is 0 Å². The molecule has 206 valence electrons. The molecule has 0 amide bonds. The first-order chi connectivity index (χ1) is 18.8. The van der Waals surface area contributed by atoms with E-state index in [9.17, 15) is 9.59 Å². The van der Waals surface area contributed by atoms with Gasteiger partial charge < -0.3 is 18.9 Å². The molecule has 0 saturated heterocycles. The maximum absolute atomic E-state index is 14.0. The summed E-state index contributed by atoms with van der Waals surface area (Å²) in [5, 5.41) is 0.349. The van der Waals surface area contributed by atoms with Gasteiger partial charge in [-0.05, 0) is 55.3 Å². The average molecular weight is 636 g/mol. The van der Waals surface area contributed by atoms with E-state index in [-0.39, 0.29) is 12.2 Å². The number of allylic oxidation sites excluding steroid dienone is 1. The Labute approximate surface area is 243 Å². The molecular weight excluding hydrogens is 608 g/mol. The van der Waals surface area contributed by atoms with E-state index in [1.54, 1.807) is 38.3 Å². The van der Waals surface area contributed by atoms with Crippen LogP contribution in [0.5, 0.6) is 17.2 Å². The lowest BCUT2D eigenvalue weighted by Gasteiger charge is -2.27. The highest BCUT2D eigenvalue weighted by Gasteiger charge is 2.36. The molecule has 3 aromatic rings. The minimum Gasteiger partial charge on any atom is -0.496 e. The van der Waals surface area contributed by atoms with E-state index in [0.29, 0.717) is 60.4 Å². The van der Waals surface area contributed by atoms with E-state index < -0.39 is 12.0 Å². The van der Waals surface area contributed by atoms with Crippen LogP contribution in [-0.2, 0) is 9.53 Å². The predicted octanol–water partition coefficient (Wildman–Crippen LogP) is 5.02. The van der Waals surface area contributed by atoms with Crippen LogP contribution in [0.1, 0.15) is 43.9 Å². The zero-order chi connectivity index (χ0) is 28.3. The van der Waals surface area contributed by atoms with Crippen molar-refractivity contribution in [2.24, 2.45) is 4.99 Å². The van der Waals surface area contributed by atoms with E-state index in [2.05, 4.69) is 15.9 Å². The molecule has 0 N–H and O–H groups in total. The Morgan fingerprint density at radius 1 is 1.13 bits per heavy atom. The molecule has 11 heteroatoms. The fourth-order valence-corrected chi connectivity index (χ4v) is 6.20. The molecule has 0 fully saturated rings. The number of hydrogen-bond donors (Lipinski definition) is 0. The second-order valence-corrected chi connectivity index (χ2v) is 10.9. The van der Waals surface area contributed by atoms with Gasteiger partial charge in [0.25, 0.3) is 5.56 Å². The number of thiazole rings is 1. The highest BCUT2D eigenvalue weighted by molar-refractivity contribution is 9.10. The Morgan fingerprint density at radius 2 is 1.87 bits per heavy atom.